The molecule has 3 rings (SSSR count). The topological polar surface area (TPSA) is 57.5 Å². The Bertz CT molecular complexity index is 1050. The van der Waals surface area contributed by atoms with Crippen molar-refractivity contribution in [2.45, 2.75) is 53.4 Å². The van der Waals surface area contributed by atoms with Gasteiger partial charge in [0.1, 0.15) is 0 Å². The number of aryl methyl sites for hydroxylation is 2. The Hall–Kier alpha value is -3.12. The van der Waals surface area contributed by atoms with Crippen LogP contribution in [-0.2, 0) is 19.6 Å². The third-order valence-corrected chi connectivity index (χ3v) is 5.77. The molecule has 0 aliphatic heterocycles. The molecule has 6 nitrogen and oxygen atoms in total. The van der Waals surface area contributed by atoms with Crippen molar-refractivity contribution >= 4 is 5.96 Å². The van der Waals surface area contributed by atoms with E-state index >= 15 is 0 Å². The van der Waals surface area contributed by atoms with Gasteiger partial charge in [0, 0.05) is 38.4 Å². The molecule has 32 heavy (non-hydrogen) atoms. The van der Waals surface area contributed by atoms with Gasteiger partial charge in [-0.05, 0) is 63.6 Å². The molecular weight excluding hydrogens is 396 g/mol. The number of aromatic nitrogens is 2. The van der Waals surface area contributed by atoms with Gasteiger partial charge in [-0.25, -0.2) is 4.68 Å². The molecule has 2 aromatic carbocycles. The fourth-order valence-electron chi connectivity index (χ4n) is 3.65. The van der Waals surface area contributed by atoms with Gasteiger partial charge in [-0.1, -0.05) is 42.5 Å². The monoisotopic (exact) mass is 432 g/mol. The van der Waals surface area contributed by atoms with E-state index in [2.05, 4.69) is 102 Å². The molecule has 0 saturated heterocycles. The number of para-hydroxylation sites is 1. The molecule has 2 N–H and O–H groups in total. The van der Waals surface area contributed by atoms with Crippen molar-refractivity contribution in [1.29, 1.82) is 0 Å². The molecule has 170 valence electrons. The molecule has 0 atom stereocenters. The lowest BCUT2D eigenvalue weighted by Gasteiger charge is -2.23. The van der Waals surface area contributed by atoms with Gasteiger partial charge in [-0.2, -0.15) is 5.10 Å². The Morgan fingerprint density at radius 1 is 0.969 bits per heavy atom. The van der Waals surface area contributed by atoms with Crippen molar-refractivity contribution in [3.05, 3.63) is 82.7 Å². The molecule has 3 aromatic rings. The van der Waals surface area contributed by atoms with Crippen LogP contribution in [0.1, 0.15) is 41.9 Å². The van der Waals surface area contributed by atoms with Crippen molar-refractivity contribution in [2.75, 3.05) is 14.1 Å². The smallest absolute Gasteiger partial charge is 0.191 e. The summed E-state index contributed by atoms with van der Waals surface area (Å²) in [7, 11) is 3.97. The maximum atomic E-state index is 4.65. The Morgan fingerprint density at radius 2 is 1.56 bits per heavy atom. The maximum Gasteiger partial charge on any atom is 0.191 e. The summed E-state index contributed by atoms with van der Waals surface area (Å²) in [5.74, 6) is 0.778. The average Bonchev–Trinajstić information content (AvgIpc) is 3.12. The van der Waals surface area contributed by atoms with Gasteiger partial charge in [0.15, 0.2) is 5.96 Å². The van der Waals surface area contributed by atoms with Crippen molar-refractivity contribution in [3.63, 3.8) is 0 Å². The minimum Gasteiger partial charge on any atom is -0.352 e. The summed E-state index contributed by atoms with van der Waals surface area (Å²) >= 11 is 0. The standard InChI is InChI=1S/C26H36N6/c1-19(2)31(6)18-24-13-8-7-11-22(24)16-28-26(27-5)29-17-23-12-9-10-14-25(23)32-21(4)15-20(3)30-32/h7-15,19H,16-18H2,1-6H3,(H2,27,28,29). The fourth-order valence-corrected chi connectivity index (χ4v) is 3.65. The zero-order chi connectivity index (χ0) is 23.1. The van der Waals surface area contributed by atoms with E-state index in [4.69, 9.17) is 0 Å². The van der Waals surface area contributed by atoms with Crippen LogP contribution in [-0.4, -0.2) is 40.8 Å². The molecule has 0 saturated carbocycles. The lowest BCUT2D eigenvalue weighted by Crippen LogP contribution is -2.37. The largest absolute Gasteiger partial charge is 0.352 e. The van der Waals surface area contributed by atoms with Gasteiger partial charge in [0.2, 0.25) is 0 Å². The maximum absolute atomic E-state index is 4.65. The molecule has 0 fully saturated rings. The second-order valence-corrected chi connectivity index (χ2v) is 8.52. The van der Waals surface area contributed by atoms with Crippen LogP contribution in [0.3, 0.4) is 0 Å². The van der Waals surface area contributed by atoms with Crippen LogP contribution in [0.25, 0.3) is 5.69 Å². The summed E-state index contributed by atoms with van der Waals surface area (Å²) in [6.07, 6.45) is 0. The van der Waals surface area contributed by atoms with E-state index in [0.717, 1.165) is 36.1 Å². The lowest BCUT2D eigenvalue weighted by atomic mass is 10.1. The predicted octanol–water partition coefficient (Wildman–Crippen LogP) is 4.19. The molecule has 0 spiro atoms. The van der Waals surface area contributed by atoms with Crippen molar-refractivity contribution < 1.29 is 0 Å². The van der Waals surface area contributed by atoms with E-state index in [-0.39, 0.29) is 0 Å². The Balaban J connectivity index is 1.66. The summed E-state index contributed by atoms with van der Waals surface area (Å²) in [6.45, 7) is 10.9. The van der Waals surface area contributed by atoms with Crippen molar-refractivity contribution in [1.82, 2.24) is 25.3 Å². The number of nitrogens with one attached hydrogen (secondary N) is 2. The quantitative estimate of drug-likeness (QED) is 0.414. The predicted molar refractivity (Wildman–Crippen MR) is 133 cm³/mol. The molecule has 6 heteroatoms. The van der Waals surface area contributed by atoms with Crippen LogP contribution in [0.2, 0.25) is 0 Å². The number of hydrogen-bond acceptors (Lipinski definition) is 3. The molecule has 0 aliphatic rings. The average molecular weight is 433 g/mol. The first kappa shape index (κ1) is 23.5. The first-order valence-corrected chi connectivity index (χ1v) is 11.2. The highest BCUT2D eigenvalue weighted by atomic mass is 15.3. The van der Waals surface area contributed by atoms with Crippen LogP contribution < -0.4 is 10.6 Å². The Morgan fingerprint density at radius 3 is 2.16 bits per heavy atom. The van der Waals surface area contributed by atoms with Crippen LogP contribution in [0.4, 0.5) is 0 Å². The number of guanidine groups is 1. The SMILES string of the molecule is CN=C(NCc1ccccc1CN(C)C(C)C)NCc1ccccc1-n1nc(C)cc1C. The number of hydrogen-bond donors (Lipinski definition) is 2. The fraction of sp³-hybridized carbons (Fsp3) is 0.385. The Kier molecular flexibility index (Phi) is 8.06. The van der Waals surface area contributed by atoms with E-state index in [1.165, 1.54) is 16.7 Å². The molecule has 0 bridgehead atoms. The van der Waals surface area contributed by atoms with Crippen LogP contribution in [0, 0.1) is 13.8 Å². The highest BCUT2D eigenvalue weighted by molar-refractivity contribution is 5.79. The van der Waals surface area contributed by atoms with Gasteiger partial charge in [0.25, 0.3) is 0 Å². The van der Waals surface area contributed by atoms with Crippen molar-refractivity contribution in [2.24, 2.45) is 4.99 Å². The van der Waals surface area contributed by atoms with Crippen LogP contribution in [0.15, 0.2) is 59.6 Å². The minimum atomic E-state index is 0.507. The number of rotatable bonds is 8. The zero-order valence-corrected chi connectivity index (χ0v) is 20.2. The molecule has 1 heterocycles. The third-order valence-electron chi connectivity index (χ3n) is 5.77. The van der Waals surface area contributed by atoms with E-state index in [9.17, 15) is 0 Å². The van der Waals surface area contributed by atoms with Crippen LogP contribution >= 0.6 is 0 Å². The molecule has 0 amide bonds. The number of aliphatic imine (C=N–C) groups is 1. The second-order valence-electron chi connectivity index (χ2n) is 8.52. The molecular formula is C26H36N6. The highest BCUT2D eigenvalue weighted by Gasteiger charge is 2.11. The van der Waals surface area contributed by atoms with Gasteiger partial charge < -0.3 is 10.6 Å². The summed E-state index contributed by atoms with van der Waals surface area (Å²) in [6, 6.07) is 19.5. The highest BCUT2D eigenvalue weighted by Crippen LogP contribution is 2.17. The summed E-state index contributed by atoms with van der Waals surface area (Å²) in [5, 5.41) is 11.6. The van der Waals surface area contributed by atoms with Crippen LogP contribution in [0.5, 0.6) is 0 Å². The van der Waals surface area contributed by atoms with Gasteiger partial charge in [-0.15, -0.1) is 0 Å². The van der Waals surface area contributed by atoms with E-state index in [1.807, 2.05) is 17.7 Å². The Labute approximate surface area is 192 Å². The zero-order valence-electron chi connectivity index (χ0n) is 20.2. The second kappa shape index (κ2) is 11.0. The summed E-state index contributed by atoms with van der Waals surface area (Å²) in [5.41, 5.74) is 7.01. The minimum absolute atomic E-state index is 0.507. The summed E-state index contributed by atoms with van der Waals surface area (Å²) in [4.78, 5) is 6.77. The van der Waals surface area contributed by atoms with E-state index in [1.54, 1.807) is 7.05 Å². The van der Waals surface area contributed by atoms with Crippen molar-refractivity contribution in [3.8, 4) is 5.69 Å². The first-order valence-electron chi connectivity index (χ1n) is 11.2. The number of benzene rings is 2. The van der Waals surface area contributed by atoms with Gasteiger partial charge >= 0.3 is 0 Å². The normalized spacial score (nSPS) is 11.9. The van der Waals surface area contributed by atoms with E-state index < -0.39 is 0 Å². The number of nitrogens with zero attached hydrogens (tertiary/aromatic N) is 4. The summed E-state index contributed by atoms with van der Waals surface area (Å²) < 4.78 is 2.00. The molecule has 0 radical (unpaired) electrons. The van der Waals surface area contributed by atoms with Gasteiger partial charge in [-0.3, -0.25) is 9.89 Å². The molecule has 0 unspecified atom stereocenters. The molecule has 1 aromatic heterocycles. The first-order chi connectivity index (χ1) is 15.4. The molecule has 0 aliphatic carbocycles. The lowest BCUT2D eigenvalue weighted by molar-refractivity contribution is 0.265. The third kappa shape index (κ3) is 5.98. The van der Waals surface area contributed by atoms with E-state index in [0.29, 0.717) is 12.6 Å². The van der Waals surface area contributed by atoms with Gasteiger partial charge in [0.05, 0.1) is 11.4 Å².